The summed E-state index contributed by atoms with van der Waals surface area (Å²) in [5, 5.41) is 7.04. The Morgan fingerprint density at radius 1 is 1.57 bits per heavy atom. The van der Waals surface area contributed by atoms with Crippen molar-refractivity contribution in [2.45, 2.75) is 11.8 Å². The van der Waals surface area contributed by atoms with Crippen molar-refractivity contribution in [2.75, 3.05) is 5.73 Å². The molecule has 3 N–H and O–H groups in total. The fraction of sp³-hybridized carbons (Fsp3) is 0.125. The molecule has 78 valence electrons. The molecular weight excluding hydrogens is 224 g/mol. The Balaban J connectivity index is 0.00000196. The molecule has 0 aromatic heterocycles. The maximum atomic E-state index is 11.1. The van der Waals surface area contributed by atoms with Gasteiger partial charge >= 0.3 is 0 Å². The second kappa shape index (κ2) is 3.59. The molecule has 0 aliphatic heterocycles. The standard InChI is InChI=1S/C8H9ClN2O2S.H2/c1-5-2-6(4-10)8(11)7(3-5)14(9,12)13;/h2-4,10H,11H2,1H3;1H. The summed E-state index contributed by atoms with van der Waals surface area (Å²) in [6.07, 6.45) is 0.994. The molecule has 0 amide bonds. The van der Waals surface area contributed by atoms with E-state index in [0.29, 0.717) is 11.1 Å². The second-order valence-corrected chi connectivity index (χ2v) is 5.38. The Labute approximate surface area is 88.1 Å². The summed E-state index contributed by atoms with van der Waals surface area (Å²) in [7, 11) is 1.34. The second-order valence-electron chi connectivity index (χ2n) is 2.85. The highest BCUT2D eigenvalue weighted by molar-refractivity contribution is 8.13. The van der Waals surface area contributed by atoms with Crippen LogP contribution in [0.5, 0.6) is 0 Å². The zero-order chi connectivity index (χ0) is 10.9. The zero-order valence-corrected chi connectivity index (χ0v) is 8.98. The molecule has 14 heavy (non-hydrogen) atoms. The summed E-state index contributed by atoms with van der Waals surface area (Å²) in [5.74, 6) is 0. The minimum atomic E-state index is -3.84. The van der Waals surface area contributed by atoms with E-state index in [0.717, 1.165) is 6.21 Å². The maximum absolute atomic E-state index is 11.1. The Morgan fingerprint density at radius 3 is 2.57 bits per heavy atom. The lowest BCUT2D eigenvalue weighted by Crippen LogP contribution is -2.02. The van der Waals surface area contributed by atoms with Gasteiger partial charge in [-0.2, -0.15) is 0 Å². The Morgan fingerprint density at radius 2 is 2.14 bits per heavy atom. The van der Waals surface area contributed by atoms with Crippen molar-refractivity contribution in [1.82, 2.24) is 0 Å². The number of anilines is 1. The number of nitrogens with two attached hydrogens (primary N) is 1. The smallest absolute Gasteiger partial charge is 0.263 e. The van der Waals surface area contributed by atoms with E-state index in [-0.39, 0.29) is 12.0 Å². The Bertz CT molecular complexity index is 488. The third kappa shape index (κ3) is 2.05. The van der Waals surface area contributed by atoms with E-state index in [1.54, 1.807) is 13.0 Å². The van der Waals surface area contributed by atoms with Crippen molar-refractivity contribution in [3.63, 3.8) is 0 Å². The third-order valence-corrected chi connectivity index (χ3v) is 3.10. The van der Waals surface area contributed by atoms with Gasteiger partial charge < -0.3 is 11.1 Å². The van der Waals surface area contributed by atoms with Gasteiger partial charge in [0.25, 0.3) is 9.05 Å². The number of hydrogen-bond donors (Lipinski definition) is 2. The van der Waals surface area contributed by atoms with Crippen LogP contribution in [-0.4, -0.2) is 14.6 Å². The minimum absolute atomic E-state index is 0. The zero-order valence-electron chi connectivity index (χ0n) is 7.41. The number of nitrogen functional groups attached to an aromatic ring is 1. The molecule has 0 atom stereocenters. The van der Waals surface area contributed by atoms with Gasteiger partial charge in [0, 0.05) is 23.9 Å². The molecule has 0 aliphatic carbocycles. The summed E-state index contributed by atoms with van der Waals surface area (Å²) in [6.45, 7) is 1.71. The molecule has 0 radical (unpaired) electrons. The molecule has 4 nitrogen and oxygen atoms in total. The molecule has 6 heteroatoms. The topological polar surface area (TPSA) is 84.0 Å². The summed E-state index contributed by atoms with van der Waals surface area (Å²) in [4.78, 5) is -0.141. The molecule has 0 saturated carbocycles. The number of rotatable bonds is 2. The van der Waals surface area contributed by atoms with Crippen LogP contribution in [0.3, 0.4) is 0 Å². The molecule has 0 fully saturated rings. The predicted octanol–water partition coefficient (Wildman–Crippen LogP) is 1.75. The first-order valence-electron chi connectivity index (χ1n) is 3.71. The maximum Gasteiger partial charge on any atom is 0.263 e. The first kappa shape index (κ1) is 11.0. The first-order chi connectivity index (χ1) is 6.36. The average Bonchev–Trinajstić information content (AvgIpc) is 2.06. The van der Waals surface area contributed by atoms with Crippen molar-refractivity contribution in [1.29, 1.82) is 5.41 Å². The normalized spacial score (nSPS) is 11.3. The number of nitrogens with one attached hydrogen (secondary N) is 1. The molecule has 0 spiro atoms. The monoisotopic (exact) mass is 234 g/mol. The number of halogens is 1. The van der Waals surface area contributed by atoms with Crippen LogP contribution in [0.1, 0.15) is 12.6 Å². The van der Waals surface area contributed by atoms with Crippen LogP contribution < -0.4 is 5.73 Å². The Hall–Kier alpha value is -1.07. The van der Waals surface area contributed by atoms with Gasteiger partial charge in [0.15, 0.2) is 0 Å². The quantitative estimate of drug-likeness (QED) is 0.465. The van der Waals surface area contributed by atoms with Gasteiger partial charge in [0.05, 0.1) is 5.69 Å². The summed E-state index contributed by atoms with van der Waals surface area (Å²) < 4.78 is 22.2. The van der Waals surface area contributed by atoms with Crippen molar-refractivity contribution in [2.24, 2.45) is 0 Å². The van der Waals surface area contributed by atoms with E-state index < -0.39 is 9.05 Å². The van der Waals surface area contributed by atoms with E-state index >= 15 is 0 Å². The van der Waals surface area contributed by atoms with Crippen LogP contribution in [0, 0.1) is 12.3 Å². The van der Waals surface area contributed by atoms with E-state index in [1.165, 1.54) is 6.07 Å². The molecule has 0 heterocycles. The fourth-order valence-electron chi connectivity index (χ4n) is 1.11. The SMILES string of the molecule is Cc1cc(C=N)c(N)c(S(=O)(=O)Cl)c1.[HH]. The highest BCUT2D eigenvalue weighted by Crippen LogP contribution is 2.26. The van der Waals surface area contributed by atoms with Crippen LogP contribution in [0.2, 0.25) is 0 Å². The van der Waals surface area contributed by atoms with E-state index in [4.69, 9.17) is 21.8 Å². The van der Waals surface area contributed by atoms with E-state index in [9.17, 15) is 8.42 Å². The molecule has 1 aromatic rings. The largest absolute Gasteiger partial charge is 0.397 e. The summed E-state index contributed by atoms with van der Waals surface area (Å²) in [5.41, 5.74) is 6.59. The molecule has 1 rings (SSSR count). The summed E-state index contributed by atoms with van der Waals surface area (Å²) >= 11 is 0. The predicted molar refractivity (Wildman–Crippen MR) is 58.6 cm³/mol. The summed E-state index contributed by atoms with van der Waals surface area (Å²) in [6, 6.07) is 3.00. The average molecular weight is 235 g/mol. The van der Waals surface area contributed by atoms with Gasteiger partial charge in [-0.3, -0.25) is 0 Å². The molecule has 1 aromatic carbocycles. The number of hydrogen-bond acceptors (Lipinski definition) is 4. The van der Waals surface area contributed by atoms with Crippen LogP contribution in [0.25, 0.3) is 0 Å². The highest BCUT2D eigenvalue weighted by atomic mass is 35.7. The Kier molecular flexibility index (Phi) is 2.82. The van der Waals surface area contributed by atoms with Crippen LogP contribution >= 0.6 is 10.7 Å². The van der Waals surface area contributed by atoms with Crippen LogP contribution in [0.4, 0.5) is 5.69 Å². The van der Waals surface area contributed by atoms with Crippen LogP contribution in [0.15, 0.2) is 17.0 Å². The van der Waals surface area contributed by atoms with Crippen molar-refractivity contribution < 1.29 is 9.84 Å². The lowest BCUT2D eigenvalue weighted by Gasteiger charge is -2.06. The molecule has 0 aliphatic rings. The molecule has 0 bridgehead atoms. The van der Waals surface area contributed by atoms with E-state index in [2.05, 4.69) is 0 Å². The first-order valence-corrected chi connectivity index (χ1v) is 6.02. The molecular formula is C8H11ClN2O2S. The molecule has 0 unspecified atom stereocenters. The van der Waals surface area contributed by atoms with Gasteiger partial charge in [-0.15, -0.1) is 0 Å². The van der Waals surface area contributed by atoms with Gasteiger partial charge in [0.1, 0.15) is 4.90 Å². The van der Waals surface area contributed by atoms with Crippen LogP contribution in [-0.2, 0) is 9.05 Å². The lowest BCUT2D eigenvalue weighted by molar-refractivity contribution is 0.610. The van der Waals surface area contributed by atoms with E-state index in [1.807, 2.05) is 0 Å². The number of benzene rings is 1. The lowest BCUT2D eigenvalue weighted by atomic mass is 10.1. The number of aryl methyl sites for hydroxylation is 1. The van der Waals surface area contributed by atoms with Gasteiger partial charge in [-0.25, -0.2) is 8.42 Å². The minimum Gasteiger partial charge on any atom is -0.397 e. The highest BCUT2D eigenvalue weighted by Gasteiger charge is 2.16. The van der Waals surface area contributed by atoms with Gasteiger partial charge in [-0.1, -0.05) is 0 Å². The van der Waals surface area contributed by atoms with Crippen molar-refractivity contribution in [3.8, 4) is 0 Å². The van der Waals surface area contributed by atoms with Gasteiger partial charge in [-0.05, 0) is 24.6 Å². The fourth-order valence-corrected chi connectivity index (χ4v) is 2.20. The third-order valence-electron chi connectivity index (χ3n) is 1.74. The van der Waals surface area contributed by atoms with Crippen molar-refractivity contribution in [3.05, 3.63) is 23.3 Å². The van der Waals surface area contributed by atoms with Crippen molar-refractivity contribution >= 4 is 31.6 Å². The molecule has 0 saturated heterocycles. The van der Waals surface area contributed by atoms with Gasteiger partial charge in [0.2, 0.25) is 0 Å².